The molecule has 0 bridgehead atoms. The van der Waals surface area contributed by atoms with Crippen LogP contribution in [0.4, 0.5) is 0 Å². The van der Waals surface area contributed by atoms with Crippen molar-refractivity contribution < 1.29 is 9.90 Å². The lowest BCUT2D eigenvalue weighted by Crippen LogP contribution is -2.54. The summed E-state index contributed by atoms with van der Waals surface area (Å²) in [6, 6.07) is 10.0. The summed E-state index contributed by atoms with van der Waals surface area (Å²) in [4.78, 5) is 16.9. The van der Waals surface area contributed by atoms with Crippen LogP contribution in [0.15, 0.2) is 30.3 Å². The molecule has 1 aromatic carbocycles. The van der Waals surface area contributed by atoms with Gasteiger partial charge < -0.3 is 10.0 Å². The molecule has 0 unspecified atom stereocenters. The molecule has 0 spiro atoms. The molecule has 142 valence electrons. The molecule has 25 heavy (non-hydrogen) atoms. The van der Waals surface area contributed by atoms with E-state index in [0.717, 1.165) is 13.1 Å². The highest BCUT2D eigenvalue weighted by atomic mass is 16.3. The zero-order chi connectivity index (χ0) is 19.1. The van der Waals surface area contributed by atoms with Crippen LogP contribution in [0.3, 0.4) is 0 Å². The lowest BCUT2D eigenvalue weighted by Gasteiger charge is -2.37. The average Bonchev–Trinajstić information content (AvgIpc) is 2.55. The topological polar surface area (TPSA) is 43.8 Å². The number of Topliss-reactive ketones (excluding diaryl/α,β-unsaturated/α-hetero) is 1. The monoisotopic (exact) mass is 348 g/mol. The molecule has 0 aliphatic carbocycles. The molecule has 0 aromatic heterocycles. The fraction of sp³-hybridized carbons (Fsp3) is 0.667. The Hall–Kier alpha value is -1.23. The molecular formula is C21H36N2O2. The van der Waals surface area contributed by atoms with Crippen LogP contribution in [0.5, 0.6) is 0 Å². The van der Waals surface area contributed by atoms with Crippen molar-refractivity contribution in [3.8, 4) is 0 Å². The molecule has 3 atom stereocenters. The third-order valence-electron chi connectivity index (χ3n) is 4.92. The summed E-state index contributed by atoms with van der Waals surface area (Å²) >= 11 is 0. The number of ketones is 1. The lowest BCUT2D eigenvalue weighted by molar-refractivity contribution is -0.133. The first-order valence-electron chi connectivity index (χ1n) is 9.31. The van der Waals surface area contributed by atoms with Gasteiger partial charge >= 0.3 is 0 Å². The molecule has 1 aromatic rings. The molecule has 0 amide bonds. The maximum atomic E-state index is 12.7. The van der Waals surface area contributed by atoms with Crippen LogP contribution in [-0.2, 0) is 11.3 Å². The molecule has 0 aliphatic rings. The van der Waals surface area contributed by atoms with E-state index in [-0.39, 0.29) is 23.7 Å². The Morgan fingerprint density at radius 3 is 2.08 bits per heavy atom. The zero-order valence-electron chi connectivity index (χ0n) is 16.9. The standard InChI is InChI=1S/C21H36N2O2/c1-15(2)20(24)19(23(7)16(3)4)21(25)17(5)13-22(6)14-18-11-9-8-10-12-18/h8-12,15-17,19,21,25H,13-14H2,1-7H3/t17-,19-,21-/m1/s1. The molecule has 4 heteroatoms. The van der Waals surface area contributed by atoms with Gasteiger partial charge in [-0.3, -0.25) is 9.69 Å². The Balaban J connectivity index is 2.78. The first-order chi connectivity index (χ1) is 11.6. The van der Waals surface area contributed by atoms with E-state index in [4.69, 9.17) is 0 Å². The summed E-state index contributed by atoms with van der Waals surface area (Å²) < 4.78 is 0. The van der Waals surface area contributed by atoms with Crippen LogP contribution in [0.1, 0.15) is 40.2 Å². The molecular weight excluding hydrogens is 312 g/mol. The Bertz CT molecular complexity index is 516. The third kappa shape index (κ3) is 6.53. The quantitative estimate of drug-likeness (QED) is 0.706. The summed E-state index contributed by atoms with van der Waals surface area (Å²) in [5.41, 5.74) is 1.25. The lowest BCUT2D eigenvalue weighted by atomic mass is 9.88. The van der Waals surface area contributed by atoms with Crippen molar-refractivity contribution in [3.63, 3.8) is 0 Å². The van der Waals surface area contributed by atoms with E-state index in [0.29, 0.717) is 0 Å². The number of hydrogen-bond donors (Lipinski definition) is 1. The summed E-state index contributed by atoms with van der Waals surface area (Å²) in [5, 5.41) is 10.9. The number of carbonyl (C=O) groups is 1. The van der Waals surface area contributed by atoms with E-state index in [1.807, 2.05) is 50.9 Å². The largest absolute Gasteiger partial charge is 0.391 e. The van der Waals surface area contributed by atoms with Crippen LogP contribution < -0.4 is 0 Å². The second-order valence-corrected chi connectivity index (χ2v) is 7.91. The van der Waals surface area contributed by atoms with Crippen LogP contribution in [-0.4, -0.2) is 59.5 Å². The molecule has 0 heterocycles. The number of benzene rings is 1. The maximum absolute atomic E-state index is 12.7. The van der Waals surface area contributed by atoms with Gasteiger partial charge in [0.05, 0.1) is 12.1 Å². The van der Waals surface area contributed by atoms with Gasteiger partial charge in [-0.1, -0.05) is 51.1 Å². The number of aliphatic hydroxyl groups is 1. The highest BCUT2D eigenvalue weighted by molar-refractivity contribution is 5.86. The van der Waals surface area contributed by atoms with Gasteiger partial charge in [-0.05, 0) is 39.4 Å². The molecule has 1 rings (SSSR count). The second-order valence-electron chi connectivity index (χ2n) is 7.91. The number of aliphatic hydroxyl groups excluding tert-OH is 1. The molecule has 0 radical (unpaired) electrons. The fourth-order valence-electron chi connectivity index (χ4n) is 3.14. The zero-order valence-corrected chi connectivity index (χ0v) is 16.9. The van der Waals surface area contributed by atoms with Crippen molar-refractivity contribution in [3.05, 3.63) is 35.9 Å². The van der Waals surface area contributed by atoms with Gasteiger partial charge in [0.15, 0.2) is 5.78 Å². The minimum Gasteiger partial charge on any atom is -0.391 e. The van der Waals surface area contributed by atoms with Gasteiger partial charge in [0.25, 0.3) is 0 Å². The predicted octanol–water partition coefficient (Wildman–Crippen LogP) is 3.05. The summed E-state index contributed by atoms with van der Waals surface area (Å²) in [7, 11) is 3.99. The second kappa shape index (κ2) is 10.0. The van der Waals surface area contributed by atoms with Gasteiger partial charge in [-0.25, -0.2) is 0 Å². The van der Waals surface area contributed by atoms with Crippen LogP contribution in [0, 0.1) is 11.8 Å². The minimum absolute atomic E-state index is 0.00242. The maximum Gasteiger partial charge on any atom is 0.155 e. The summed E-state index contributed by atoms with van der Waals surface area (Å²) in [6.45, 7) is 11.5. The van der Waals surface area contributed by atoms with Crippen molar-refractivity contribution >= 4 is 5.78 Å². The SMILES string of the molecule is CC(C)C(=O)[C@H]([C@H](O)[C@H](C)CN(C)Cc1ccccc1)N(C)C(C)C. The van der Waals surface area contributed by atoms with Gasteiger partial charge in [0, 0.05) is 25.0 Å². The molecule has 4 nitrogen and oxygen atoms in total. The summed E-state index contributed by atoms with van der Waals surface area (Å²) in [6.07, 6.45) is -0.680. The Labute approximate surface area is 153 Å². The Kier molecular flexibility index (Phi) is 8.77. The van der Waals surface area contributed by atoms with E-state index < -0.39 is 12.1 Å². The third-order valence-corrected chi connectivity index (χ3v) is 4.92. The highest BCUT2D eigenvalue weighted by Crippen LogP contribution is 2.19. The first kappa shape index (κ1) is 21.8. The van der Waals surface area contributed by atoms with Gasteiger partial charge in [-0.15, -0.1) is 0 Å². The van der Waals surface area contributed by atoms with Crippen molar-refractivity contribution in [2.45, 2.75) is 59.4 Å². The molecule has 0 fully saturated rings. The molecule has 0 saturated carbocycles. The Morgan fingerprint density at radius 2 is 1.60 bits per heavy atom. The molecule has 0 aliphatic heterocycles. The number of rotatable bonds is 10. The first-order valence-corrected chi connectivity index (χ1v) is 9.31. The minimum atomic E-state index is -0.680. The van der Waals surface area contributed by atoms with E-state index in [1.165, 1.54) is 5.56 Å². The van der Waals surface area contributed by atoms with E-state index in [9.17, 15) is 9.90 Å². The Morgan fingerprint density at radius 1 is 1.04 bits per heavy atom. The molecule has 0 saturated heterocycles. The van der Waals surface area contributed by atoms with Crippen molar-refractivity contribution in [2.24, 2.45) is 11.8 Å². The van der Waals surface area contributed by atoms with E-state index in [1.54, 1.807) is 0 Å². The number of nitrogens with zero attached hydrogens (tertiary/aromatic N) is 2. The predicted molar refractivity (Wildman–Crippen MR) is 104 cm³/mol. The van der Waals surface area contributed by atoms with Crippen LogP contribution in [0.2, 0.25) is 0 Å². The normalized spacial score (nSPS) is 15.8. The van der Waals surface area contributed by atoms with E-state index in [2.05, 4.69) is 37.9 Å². The van der Waals surface area contributed by atoms with Crippen molar-refractivity contribution in [1.29, 1.82) is 0 Å². The fourth-order valence-corrected chi connectivity index (χ4v) is 3.14. The molecule has 1 N–H and O–H groups in total. The number of carbonyl (C=O) groups excluding carboxylic acids is 1. The van der Waals surface area contributed by atoms with Gasteiger partial charge in [0.1, 0.15) is 0 Å². The summed E-state index contributed by atoms with van der Waals surface area (Å²) in [5.74, 6) is 0.0268. The average molecular weight is 349 g/mol. The van der Waals surface area contributed by atoms with Crippen LogP contribution in [0.25, 0.3) is 0 Å². The van der Waals surface area contributed by atoms with E-state index >= 15 is 0 Å². The van der Waals surface area contributed by atoms with Crippen molar-refractivity contribution in [2.75, 3.05) is 20.6 Å². The number of hydrogen-bond acceptors (Lipinski definition) is 4. The number of likely N-dealkylation sites (N-methyl/N-ethyl adjacent to an activating group) is 1. The highest BCUT2D eigenvalue weighted by Gasteiger charge is 2.36. The van der Waals surface area contributed by atoms with Crippen molar-refractivity contribution in [1.82, 2.24) is 9.80 Å². The van der Waals surface area contributed by atoms with Crippen LogP contribution >= 0.6 is 0 Å². The van der Waals surface area contributed by atoms with Gasteiger partial charge in [0.2, 0.25) is 0 Å². The van der Waals surface area contributed by atoms with Gasteiger partial charge in [-0.2, -0.15) is 0 Å². The smallest absolute Gasteiger partial charge is 0.155 e.